The molecule has 0 bridgehead atoms. The molecule has 0 aromatic rings. The molecule has 61 valence electrons. The van der Waals surface area contributed by atoms with Crippen molar-refractivity contribution in [1.82, 2.24) is 10.2 Å². The lowest BCUT2D eigenvalue weighted by molar-refractivity contribution is 0.393. The van der Waals surface area contributed by atoms with Crippen LogP contribution in [0.5, 0.6) is 0 Å². The Labute approximate surface area is 64.6 Å². The third-order valence-electron chi connectivity index (χ3n) is 1.64. The van der Waals surface area contributed by atoms with Gasteiger partial charge in [-0.2, -0.15) is 0 Å². The number of rotatable bonds is 5. The zero-order valence-electron chi connectivity index (χ0n) is 7.57. The van der Waals surface area contributed by atoms with Gasteiger partial charge in [-0.25, -0.2) is 0 Å². The summed E-state index contributed by atoms with van der Waals surface area (Å²) in [7, 11) is 6.19. The van der Waals surface area contributed by atoms with E-state index < -0.39 is 0 Å². The van der Waals surface area contributed by atoms with Crippen molar-refractivity contribution in [3.8, 4) is 0 Å². The van der Waals surface area contributed by atoms with Crippen LogP contribution in [0.4, 0.5) is 0 Å². The minimum atomic E-state index is 1.14. The number of nitrogens with one attached hydrogen (secondary N) is 1. The Hall–Kier alpha value is -0.0800. The summed E-state index contributed by atoms with van der Waals surface area (Å²) in [5, 5.41) is 3.20. The Morgan fingerprint density at radius 3 is 2.30 bits per heavy atom. The first kappa shape index (κ1) is 9.92. The predicted molar refractivity (Wildman–Crippen MR) is 45.8 cm³/mol. The van der Waals surface area contributed by atoms with Crippen molar-refractivity contribution in [2.24, 2.45) is 0 Å². The van der Waals surface area contributed by atoms with Gasteiger partial charge in [0, 0.05) is 6.04 Å². The van der Waals surface area contributed by atoms with Gasteiger partial charge in [-0.15, -0.1) is 0 Å². The number of hydrogen-bond donors (Lipinski definition) is 1. The molecule has 0 aliphatic rings. The van der Waals surface area contributed by atoms with Crippen molar-refractivity contribution in [1.29, 1.82) is 0 Å². The lowest BCUT2D eigenvalue weighted by Crippen LogP contribution is -2.22. The van der Waals surface area contributed by atoms with E-state index >= 15 is 0 Å². The summed E-state index contributed by atoms with van der Waals surface area (Å²) in [6, 6.07) is 1.44. The van der Waals surface area contributed by atoms with Crippen LogP contribution in [0, 0.1) is 6.04 Å². The van der Waals surface area contributed by atoms with Crippen LogP contribution in [0.15, 0.2) is 0 Å². The molecule has 2 nitrogen and oxygen atoms in total. The average Bonchev–Trinajstić information content (AvgIpc) is 1.90. The van der Waals surface area contributed by atoms with Crippen LogP contribution in [0.1, 0.15) is 19.8 Å². The maximum absolute atomic E-state index is 3.20. The van der Waals surface area contributed by atoms with Gasteiger partial charge < -0.3 is 10.2 Å². The summed E-state index contributed by atoms with van der Waals surface area (Å²) in [4.78, 5) is 2.20. The highest BCUT2D eigenvalue weighted by Gasteiger charge is 2.02. The molecule has 10 heavy (non-hydrogen) atoms. The van der Waals surface area contributed by atoms with E-state index in [1.165, 1.54) is 12.5 Å². The lowest BCUT2D eigenvalue weighted by atomic mass is 10.1. The van der Waals surface area contributed by atoms with E-state index in [1.807, 2.05) is 7.05 Å². The molecule has 1 radical (unpaired) electrons. The molecule has 0 saturated heterocycles. The van der Waals surface area contributed by atoms with E-state index in [0.717, 1.165) is 13.0 Å². The Bertz CT molecular complexity index is 67.7. The fourth-order valence-electron chi connectivity index (χ4n) is 0.837. The Balaban J connectivity index is 3.26. The maximum atomic E-state index is 3.20. The number of hydrogen-bond acceptors (Lipinski definition) is 2. The zero-order chi connectivity index (χ0) is 7.98. The summed E-state index contributed by atoms with van der Waals surface area (Å²) < 4.78 is 0. The maximum Gasteiger partial charge on any atom is 0.0371 e. The largest absolute Gasteiger partial charge is 0.313 e. The van der Waals surface area contributed by atoms with Crippen molar-refractivity contribution in [3.63, 3.8) is 0 Å². The lowest BCUT2D eigenvalue weighted by Gasteiger charge is -2.15. The smallest absolute Gasteiger partial charge is 0.0371 e. The first-order chi connectivity index (χ1) is 4.70. The van der Waals surface area contributed by atoms with Gasteiger partial charge in [0.25, 0.3) is 0 Å². The standard InChI is InChI=1S/C8H19N2/c1-5-8(9-2)6-7-10(3)4/h9H,5-7H2,1-4H3. The molecule has 0 rings (SSSR count). The fourth-order valence-corrected chi connectivity index (χ4v) is 0.837. The first-order valence-corrected chi connectivity index (χ1v) is 3.87. The SMILES string of the molecule is CC[C](CCN(C)C)NC. The highest BCUT2D eigenvalue weighted by atomic mass is 15.1. The summed E-state index contributed by atoms with van der Waals surface area (Å²) in [6.45, 7) is 3.32. The molecule has 0 atom stereocenters. The van der Waals surface area contributed by atoms with E-state index in [4.69, 9.17) is 0 Å². The average molecular weight is 143 g/mol. The molecule has 1 N–H and O–H groups in total. The van der Waals surface area contributed by atoms with E-state index in [1.54, 1.807) is 0 Å². The molecule has 0 fully saturated rings. The second-order valence-electron chi connectivity index (χ2n) is 2.76. The fraction of sp³-hybridized carbons (Fsp3) is 0.875. The van der Waals surface area contributed by atoms with Crippen LogP contribution in [0.25, 0.3) is 0 Å². The van der Waals surface area contributed by atoms with Crippen LogP contribution in [-0.4, -0.2) is 32.6 Å². The van der Waals surface area contributed by atoms with Crippen molar-refractivity contribution in [2.45, 2.75) is 19.8 Å². The molecule has 0 spiro atoms. The van der Waals surface area contributed by atoms with Crippen molar-refractivity contribution in [3.05, 3.63) is 6.04 Å². The van der Waals surface area contributed by atoms with Gasteiger partial charge in [-0.05, 0) is 40.5 Å². The minimum Gasteiger partial charge on any atom is -0.313 e. The normalized spacial score (nSPS) is 11.4. The Morgan fingerprint density at radius 2 is 2.00 bits per heavy atom. The third-order valence-corrected chi connectivity index (χ3v) is 1.64. The first-order valence-electron chi connectivity index (χ1n) is 3.87. The summed E-state index contributed by atoms with van der Waals surface area (Å²) >= 11 is 0. The van der Waals surface area contributed by atoms with Gasteiger partial charge in [0.1, 0.15) is 0 Å². The molecular formula is C8H19N2. The van der Waals surface area contributed by atoms with Crippen LogP contribution in [-0.2, 0) is 0 Å². The quantitative estimate of drug-likeness (QED) is 0.620. The zero-order valence-corrected chi connectivity index (χ0v) is 7.57. The molecule has 0 aromatic carbocycles. The molecule has 0 aliphatic carbocycles. The highest BCUT2D eigenvalue weighted by Crippen LogP contribution is 2.05. The van der Waals surface area contributed by atoms with Crippen molar-refractivity contribution in [2.75, 3.05) is 27.7 Å². The van der Waals surface area contributed by atoms with Crippen molar-refractivity contribution >= 4 is 0 Å². The predicted octanol–water partition coefficient (Wildman–Crippen LogP) is 1.10. The van der Waals surface area contributed by atoms with E-state index in [9.17, 15) is 0 Å². The minimum absolute atomic E-state index is 1.14. The molecular weight excluding hydrogens is 124 g/mol. The monoisotopic (exact) mass is 143 g/mol. The highest BCUT2D eigenvalue weighted by molar-refractivity contribution is 4.83. The van der Waals surface area contributed by atoms with Gasteiger partial charge in [0.05, 0.1) is 0 Å². The van der Waals surface area contributed by atoms with Gasteiger partial charge >= 0.3 is 0 Å². The second-order valence-corrected chi connectivity index (χ2v) is 2.76. The topological polar surface area (TPSA) is 15.3 Å². The second kappa shape index (κ2) is 5.69. The Morgan fingerprint density at radius 1 is 1.40 bits per heavy atom. The molecule has 2 heteroatoms. The van der Waals surface area contributed by atoms with Gasteiger partial charge in [-0.3, -0.25) is 0 Å². The third kappa shape index (κ3) is 4.77. The van der Waals surface area contributed by atoms with Crippen LogP contribution >= 0.6 is 0 Å². The van der Waals surface area contributed by atoms with Gasteiger partial charge in [0.2, 0.25) is 0 Å². The van der Waals surface area contributed by atoms with Crippen LogP contribution in [0.3, 0.4) is 0 Å². The summed E-state index contributed by atoms with van der Waals surface area (Å²) in [6.07, 6.45) is 2.31. The molecule has 0 aromatic heterocycles. The molecule has 0 heterocycles. The van der Waals surface area contributed by atoms with Gasteiger partial charge in [-0.1, -0.05) is 6.92 Å². The van der Waals surface area contributed by atoms with Crippen LogP contribution < -0.4 is 5.32 Å². The Kier molecular flexibility index (Phi) is 5.64. The summed E-state index contributed by atoms with van der Waals surface area (Å²) in [5.74, 6) is 0. The van der Waals surface area contributed by atoms with E-state index in [2.05, 4.69) is 31.2 Å². The van der Waals surface area contributed by atoms with Crippen molar-refractivity contribution < 1.29 is 0 Å². The molecule has 0 unspecified atom stereocenters. The molecule has 0 saturated carbocycles. The molecule has 0 amide bonds. The van der Waals surface area contributed by atoms with E-state index in [0.29, 0.717) is 0 Å². The van der Waals surface area contributed by atoms with E-state index in [-0.39, 0.29) is 0 Å². The van der Waals surface area contributed by atoms with Gasteiger partial charge in [0.15, 0.2) is 0 Å². The number of nitrogens with zero attached hydrogens (tertiary/aromatic N) is 1. The summed E-state index contributed by atoms with van der Waals surface area (Å²) in [5.41, 5.74) is 0. The van der Waals surface area contributed by atoms with Crippen LogP contribution in [0.2, 0.25) is 0 Å². The molecule has 0 aliphatic heterocycles.